The van der Waals surface area contributed by atoms with Crippen molar-refractivity contribution in [2.75, 3.05) is 18.9 Å². The number of hydrogen-bond donors (Lipinski definition) is 1. The van der Waals surface area contributed by atoms with Crippen molar-refractivity contribution in [3.63, 3.8) is 0 Å². The topological polar surface area (TPSA) is 71.5 Å². The molecule has 1 N–H and O–H groups in total. The zero-order chi connectivity index (χ0) is 13.7. The molecule has 0 spiro atoms. The molecular weight excluding hydrogens is 246 g/mol. The largest absolute Gasteiger partial charge is 0.468 e. The molecule has 0 bridgehead atoms. The number of nitrogens with zero attached hydrogens (tertiary/aromatic N) is 2. The molecule has 0 fully saturated rings. The maximum absolute atomic E-state index is 11.7. The monoisotopic (exact) mass is 263 g/mol. The van der Waals surface area contributed by atoms with Crippen LogP contribution in [0.5, 0.6) is 0 Å². The van der Waals surface area contributed by atoms with E-state index in [4.69, 9.17) is 8.94 Å². The van der Waals surface area contributed by atoms with E-state index in [1.807, 2.05) is 24.1 Å². The van der Waals surface area contributed by atoms with Gasteiger partial charge < -0.3 is 14.3 Å². The van der Waals surface area contributed by atoms with Crippen molar-refractivity contribution in [2.45, 2.75) is 19.9 Å². The number of rotatable bonds is 6. The van der Waals surface area contributed by atoms with Crippen molar-refractivity contribution >= 4 is 11.7 Å². The third kappa shape index (κ3) is 4.26. The van der Waals surface area contributed by atoms with Gasteiger partial charge in [-0.25, -0.2) is 0 Å². The van der Waals surface area contributed by atoms with Crippen LogP contribution in [0.3, 0.4) is 0 Å². The lowest BCUT2D eigenvalue weighted by Crippen LogP contribution is -2.23. The maximum Gasteiger partial charge on any atom is 0.226 e. The van der Waals surface area contributed by atoms with Crippen LogP contribution in [-0.4, -0.2) is 29.6 Å². The molecule has 19 heavy (non-hydrogen) atoms. The van der Waals surface area contributed by atoms with Crippen LogP contribution in [0.15, 0.2) is 33.4 Å². The van der Waals surface area contributed by atoms with E-state index in [2.05, 4.69) is 10.5 Å². The summed E-state index contributed by atoms with van der Waals surface area (Å²) in [7, 11) is 1.94. The highest BCUT2D eigenvalue weighted by Gasteiger charge is 2.08. The number of carbonyl (C=O) groups excluding carboxylic acids is 1. The summed E-state index contributed by atoms with van der Waals surface area (Å²) in [4.78, 5) is 13.7. The summed E-state index contributed by atoms with van der Waals surface area (Å²) < 4.78 is 10.1. The molecule has 0 saturated heterocycles. The highest BCUT2D eigenvalue weighted by molar-refractivity contribution is 5.89. The first-order valence-electron chi connectivity index (χ1n) is 6.07. The smallest absolute Gasteiger partial charge is 0.226 e. The second-order valence-corrected chi connectivity index (χ2v) is 4.44. The summed E-state index contributed by atoms with van der Waals surface area (Å²) in [6.07, 6.45) is 2.03. The Hall–Kier alpha value is -2.08. The minimum atomic E-state index is -0.0837. The van der Waals surface area contributed by atoms with Crippen LogP contribution in [0.1, 0.15) is 17.9 Å². The zero-order valence-electron chi connectivity index (χ0n) is 11.0. The van der Waals surface area contributed by atoms with E-state index in [9.17, 15) is 4.79 Å². The molecule has 0 aromatic carbocycles. The zero-order valence-corrected chi connectivity index (χ0v) is 11.0. The Morgan fingerprint density at radius 3 is 3.00 bits per heavy atom. The summed E-state index contributed by atoms with van der Waals surface area (Å²) in [5, 5.41) is 6.39. The Morgan fingerprint density at radius 1 is 1.53 bits per heavy atom. The van der Waals surface area contributed by atoms with Crippen molar-refractivity contribution in [1.29, 1.82) is 0 Å². The van der Waals surface area contributed by atoms with Gasteiger partial charge in [-0.15, -0.1) is 0 Å². The summed E-state index contributed by atoms with van der Waals surface area (Å²) >= 11 is 0. The van der Waals surface area contributed by atoms with Gasteiger partial charge in [0, 0.05) is 19.0 Å². The van der Waals surface area contributed by atoms with Crippen LogP contribution < -0.4 is 5.32 Å². The minimum absolute atomic E-state index is 0.0837. The molecule has 0 saturated carbocycles. The molecule has 0 unspecified atom stereocenters. The molecule has 2 heterocycles. The van der Waals surface area contributed by atoms with E-state index in [1.54, 1.807) is 19.3 Å². The van der Waals surface area contributed by atoms with Crippen molar-refractivity contribution in [1.82, 2.24) is 10.1 Å². The van der Waals surface area contributed by atoms with Gasteiger partial charge in [0.1, 0.15) is 11.5 Å². The van der Waals surface area contributed by atoms with Gasteiger partial charge in [0.05, 0.1) is 12.8 Å². The molecule has 2 aromatic heterocycles. The van der Waals surface area contributed by atoms with Gasteiger partial charge in [-0.3, -0.25) is 9.69 Å². The van der Waals surface area contributed by atoms with Gasteiger partial charge in [-0.05, 0) is 26.1 Å². The predicted molar refractivity (Wildman–Crippen MR) is 69.5 cm³/mol. The van der Waals surface area contributed by atoms with Gasteiger partial charge in [0.15, 0.2) is 5.82 Å². The minimum Gasteiger partial charge on any atom is -0.468 e. The molecule has 2 aromatic rings. The third-order valence-electron chi connectivity index (χ3n) is 2.62. The first-order chi connectivity index (χ1) is 9.13. The highest BCUT2D eigenvalue weighted by Crippen LogP contribution is 2.08. The van der Waals surface area contributed by atoms with Gasteiger partial charge in [0.2, 0.25) is 5.91 Å². The molecule has 102 valence electrons. The number of amides is 1. The number of aryl methyl sites for hydroxylation is 1. The lowest BCUT2D eigenvalue weighted by atomic mass is 10.3. The van der Waals surface area contributed by atoms with E-state index >= 15 is 0 Å². The fourth-order valence-corrected chi connectivity index (χ4v) is 1.67. The van der Waals surface area contributed by atoms with Gasteiger partial charge in [-0.1, -0.05) is 5.16 Å². The summed E-state index contributed by atoms with van der Waals surface area (Å²) in [6.45, 7) is 3.10. The Bertz CT molecular complexity index is 519. The molecular formula is C13H17N3O3. The van der Waals surface area contributed by atoms with Crippen LogP contribution >= 0.6 is 0 Å². The molecule has 0 aliphatic carbocycles. The molecule has 6 heteroatoms. The van der Waals surface area contributed by atoms with Crippen molar-refractivity contribution in [3.05, 3.63) is 36.0 Å². The van der Waals surface area contributed by atoms with Crippen LogP contribution in [0.25, 0.3) is 0 Å². The summed E-state index contributed by atoms with van der Waals surface area (Å²) in [5.41, 5.74) is 0. The number of hydrogen-bond acceptors (Lipinski definition) is 5. The number of aromatic nitrogens is 1. The second kappa shape index (κ2) is 6.19. The van der Waals surface area contributed by atoms with Crippen molar-refractivity contribution in [3.8, 4) is 0 Å². The average molecular weight is 263 g/mol. The molecule has 0 aliphatic rings. The molecule has 6 nitrogen and oxygen atoms in total. The van der Waals surface area contributed by atoms with Gasteiger partial charge in [0.25, 0.3) is 0 Å². The number of furan rings is 1. The Kier molecular flexibility index (Phi) is 4.35. The quantitative estimate of drug-likeness (QED) is 0.863. The van der Waals surface area contributed by atoms with E-state index in [1.165, 1.54) is 0 Å². The summed E-state index contributed by atoms with van der Waals surface area (Å²) in [5.74, 6) is 1.93. The van der Waals surface area contributed by atoms with Crippen LogP contribution in [0.2, 0.25) is 0 Å². The Morgan fingerprint density at radius 2 is 2.37 bits per heavy atom. The summed E-state index contributed by atoms with van der Waals surface area (Å²) in [6, 6.07) is 5.45. The van der Waals surface area contributed by atoms with E-state index in [0.717, 1.165) is 5.76 Å². The van der Waals surface area contributed by atoms with E-state index in [-0.39, 0.29) is 5.91 Å². The van der Waals surface area contributed by atoms with Crippen LogP contribution in [-0.2, 0) is 11.3 Å². The SMILES string of the molecule is Cc1cc(NC(=O)CCN(C)Cc2ccco2)no1. The molecule has 1 amide bonds. The lowest BCUT2D eigenvalue weighted by Gasteiger charge is -2.14. The third-order valence-corrected chi connectivity index (χ3v) is 2.62. The lowest BCUT2D eigenvalue weighted by molar-refractivity contribution is -0.116. The first-order valence-corrected chi connectivity index (χ1v) is 6.07. The molecule has 0 radical (unpaired) electrons. The van der Waals surface area contributed by atoms with Crippen LogP contribution in [0, 0.1) is 6.92 Å². The average Bonchev–Trinajstić information content (AvgIpc) is 2.99. The fourth-order valence-electron chi connectivity index (χ4n) is 1.67. The maximum atomic E-state index is 11.7. The predicted octanol–water partition coefficient (Wildman–Crippen LogP) is 2.04. The van der Waals surface area contributed by atoms with Crippen molar-refractivity contribution < 1.29 is 13.7 Å². The Balaban J connectivity index is 1.71. The van der Waals surface area contributed by atoms with E-state index in [0.29, 0.717) is 31.1 Å². The fraction of sp³-hybridized carbons (Fsp3) is 0.385. The first kappa shape index (κ1) is 13.4. The van der Waals surface area contributed by atoms with Crippen molar-refractivity contribution in [2.24, 2.45) is 0 Å². The molecule has 0 aliphatic heterocycles. The number of carbonyl (C=O) groups is 1. The van der Waals surface area contributed by atoms with Crippen LogP contribution in [0.4, 0.5) is 5.82 Å². The standard InChI is InChI=1S/C13H17N3O3/c1-10-8-12(15-19-10)14-13(17)5-6-16(2)9-11-4-3-7-18-11/h3-4,7-8H,5-6,9H2,1-2H3,(H,14,15,17). The second-order valence-electron chi connectivity index (χ2n) is 4.44. The van der Waals surface area contributed by atoms with E-state index < -0.39 is 0 Å². The molecule has 0 atom stereocenters. The molecule has 2 rings (SSSR count). The van der Waals surface area contributed by atoms with Gasteiger partial charge >= 0.3 is 0 Å². The highest BCUT2D eigenvalue weighted by atomic mass is 16.5. The Labute approximate surface area is 111 Å². The number of nitrogens with one attached hydrogen (secondary N) is 1. The number of anilines is 1. The van der Waals surface area contributed by atoms with Gasteiger partial charge in [-0.2, -0.15) is 0 Å². The normalized spacial score (nSPS) is 10.9.